The van der Waals surface area contributed by atoms with Gasteiger partial charge in [0.1, 0.15) is 5.82 Å². The number of carbonyl (C=O) groups is 2. The summed E-state index contributed by atoms with van der Waals surface area (Å²) in [6.45, 7) is 1.94. The second-order valence-corrected chi connectivity index (χ2v) is 10.8. The molecule has 6 nitrogen and oxygen atoms in total. The number of halogens is 1. The van der Waals surface area contributed by atoms with Crippen LogP contribution in [-0.2, 0) is 15.3 Å². The summed E-state index contributed by atoms with van der Waals surface area (Å²) in [7, 11) is 0. The molecule has 1 aliphatic heterocycles. The maximum Gasteiger partial charge on any atom is 0.296 e. The van der Waals surface area contributed by atoms with Crippen LogP contribution in [0.5, 0.6) is 0 Å². The van der Waals surface area contributed by atoms with E-state index in [2.05, 4.69) is 10.2 Å². The highest BCUT2D eigenvalue weighted by atomic mass is 32.2. The molecule has 1 atom stereocenters. The molecule has 5 rings (SSSR count). The number of benzene rings is 3. The van der Waals surface area contributed by atoms with Crippen LogP contribution in [0.15, 0.2) is 101 Å². The van der Waals surface area contributed by atoms with Crippen LogP contribution in [0.2, 0.25) is 0 Å². The van der Waals surface area contributed by atoms with Crippen molar-refractivity contribution in [2.24, 2.45) is 0 Å². The molecule has 0 bridgehead atoms. The molecule has 0 fully saturated rings. The Hall–Kier alpha value is -4.08. The van der Waals surface area contributed by atoms with Crippen LogP contribution in [0.25, 0.3) is 6.08 Å². The highest BCUT2D eigenvalue weighted by Crippen LogP contribution is 2.43. The first kappa shape index (κ1) is 25.6. The Morgan fingerprint density at radius 3 is 2.47 bits per heavy atom. The number of ketones is 1. The van der Waals surface area contributed by atoms with Crippen molar-refractivity contribution in [1.29, 1.82) is 0 Å². The zero-order valence-electron chi connectivity index (χ0n) is 20.2. The molecule has 0 radical (unpaired) electrons. The third-order valence-corrected chi connectivity index (χ3v) is 8.10. The van der Waals surface area contributed by atoms with E-state index in [0.29, 0.717) is 15.7 Å². The fraction of sp³-hybridized carbons (Fsp3) is 0.103. The minimum Gasteiger partial charge on any atom is -0.503 e. The van der Waals surface area contributed by atoms with Gasteiger partial charge in [-0.25, -0.2) is 4.39 Å². The number of aryl methyl sites for hydroxylation is 1. The van der Waals surface area contributed by atoms with Crippen molar-refractivity contribution in [2.45, 2.75) is 23.1 Å². The van der Waals surface area contributed by atoms with Crippen molar-refractivity contribution >= 4 is 46.0 Å². The van der Waals surface area contributed by atoms with Crippen molar-refractivity contribution in [1.82, 2.24) is 10.2 Å². The first-order valence-electron chi connectivity index (χ1n) is 11.7. The lowest BCUT2D eigenvalue weighted by molar-refractivity contribution is -0.117. The monoisotopic (exact) mass is 543 g/mol. The fourth-order valence-corrected chi connectivity index (χ4v) is 5.85. The van der Waals surface area contributed by atoms with E-state index < -0.39 is 23.5 Å². The van der Waals surface area contributed by atoms with Crippen molar-refractivity contribution in [3.63, 3.8) is 0 Å². The molecular weight excluding hydrogens is 521 g/mol. The van der Waals surface area contributed by atoms with E-state index in [-0.39, 0.29) is 16.5 Å². The van der Waals surface area contributed by atoms with Gasteiger partial charge in [0.15, 0.2) is 15.9 Å². The van der Waals surface area contributed by atoms with Crippen LogP contribution in [0.3, 0.4) is 0 Å². The van der Waals surface area contributed by atoms with E-state index in [1.165, 1.54) is 46.2 Å². The highest BCUT2D eigenvalue weighted by Gasteiger charge is 2.45. The summed E-state index contributed by atoms with van der Waals surface area (Å²) in [4.78, 5) is 28.0. The van der Waals surface area contributed by atoms with E-state index in [0.717, 1.165) is 16.7 Å². The van der Waals surface area contributed by atoms with Crippen LogP contribution in [-0.4, -0.2) is 27.0 Å². The lowest BCUT2D eigenvalue weighted by Gasteiger charge is -2.23. The van der Waals surface area contributed by atoms with Gasteiger partial charge in [0, 0.05) is 5.75 Å². The van der Waals surface area contributed by atoms with E-state index in [1.54, 1.807) is 18.2 Å². The standard InChI is InChI=1S/C29H22FN3O3S2/c1-18-7-12-21(13-8-18)25-24(23(34)16-11-19-5-3-2-4-6-19)26(35)27(36)33(25)28-31-32-29(38-28)37-17-20-9-14-22(30)15-10-20/h2-16,25,35H,17H2,1H3/b16-11+/t25-/m0/s1. The topological polar surface area (TPSA) is 83.4 Å². The molecule has 2 heterocycles. The van der Waals surface area contributed by atoms with Gasteiger partial charge in [-0.05, 0) is 41.8 Å². The van der Waals surface area contributed by atoms with Gasteiger partial charge in [0.25, 0.3) is 5.91 Å². The first-order chi connectivity index (χ1) is 18.4. The Kier molecular flexibility index (Phi) is 7.48. The lowest BCUT2D eigenvalue weighted by Crippen LogP contribution is -2.30. The average Bonchev–Trinajstić information content (AvgIpc) is 3.50. The van der Waals surface area contributed by atoms with Crippen LogP contribution in [0.1, 0.15) is 28.3 Å². The Morgan fingerprint density at radius 1 is 1.05 bits per heavy atom. The van der Waals surface area contributed by atoms with Crippen LogP contribution < -0.4 is 4.90 Å². The maximum atomic E-state index is 13.3. The highest BCUT2D eigenvalue weighted by molar-refractivity contribution is 8.00. The van der Waals surface area contributed by atoms with Gasteiger partial charge in [-0.3, -0.25) is 14.5 Å². The number of aliphatic hydroxyl groups excluding tert-OH is 1. The smallest absolute Gasteiger partial charge is 0.296 e. The molecule has 3 aromatic carbocycles. The summed E-state index contributed by atoms with van der Waals surface area (Å²) in [5, 5.41) is 19.6. The number of aliphatic hydroxyl groups is 1. The number of aromatic nitrogens is 2. The number of anilines is 1. The van der Waals surface area contributed by atoms with Gasteiger partial charge in [-0.15, -0.1) is 10.2 Å². The average molecular weight is 544 g/mol. The van der Waals surface area contributed by atoms with E-state index >= 15 is 0 Å². The molecule has 38 heavy (non-hydrogen) atoms. The Bertz CT molecular complexity index is 1530. The van der Waals surface area contributed by atoms with Crippen LogP contribution >= 0.6 is 23.1 Å². The number of hydrogen-bond acceptors (Lipinski definition) is 7. The summed E-state index contributed by atoms with van der Waals surface area (Å²) in [5.41, 5.74) is 3.41. The molecule has 1 N–H and O–H groups in total. The lowest BCUT2D eigenvalue weighted by atomic mass is 9.95. The van der Waals surface area contributed by atoms with E-state index in [9.17, 15) is 19.1 Å². The Labute approximate surface area is 227 Å². The zero-order chi connectivity index (χ0) is 26.6. The molecule has 0 unspecified atom stereocenters. The number of carbonyl (C=O) groups excluding carboxylic acids is 2. The van der Waals surface area contributed by atoms with Crippen molar-refractivity contribution in [2.75, 3.05) is 4.90 Å². The summed E-state index contributed by atoms with van der Waals surface area (Å²) >= 11 is 2.59. The third-order valence-electron chi connectivity index (χ3n) is 5.97. The molecule has 0 saturated carbocycles. The second-order valence-electron chi connectivity index (χ2n) is 8.62. The largest absolute Gasteiger partial charge is 0.503 e. The molecule has 4 aromatic rings. The van der Waals surface area contributed by atoms with Gasteiger partial charge < -0.3 is 5.11 Å². The Morgan fingerprint density at radius 2 is 1.76 bits per heavy atom. The molecule has 1 aliphatic rings. The second kappa shape index (κ2) is 11.1. The number of amides is 1. The molecule has 0 saturated heterocycles. The SMILES string of the molecule is Cc1ccc([C@H]2C(C(=O)/C=C/c3ccccc3)=C(O)C(=O)N2c2nnc(SCc3ccc(F)cc3)s2)cc1. The van der Waals surface area contributed by atoms with Crippen molar-refractivity contribution < 1.29 is 19.1 Å². The van der Waals surface area contributed by atoms with Gasteiger partial charge in [0.05, 0.1) is 11.6 Å². The zero-order valence-corrected chi connectivity index (χ0v) is 21.9. The summed E-state index contributed by atoms with van der Waals surface area (Å²) < 4.78 is 13.8. The predicted octanol–water partition coefficient (Wildman–Crippen LogP) is 6.46. The molecule has 1 aromatic heterocycles. The normalized spacial score (nSPS) is 15.6. The van der Waals surface area contributed by atoms with E-state index in [4.69, 9.17) is 0 Å². The van der Waals surface area contributed by atoms with Crippen molar-refractivity contribution in [3.8, 4) is 0 Å². The molecule has 1 amide bonds. The quantitative estimate of drug-likeness (QED) is 0.156. The number of thioether (sulfide) groups is 1. The number of rotatable bonds is 8. The van der Waals surface area contributed by atoms with Gasteiger partial charge in [-0.1, -0.05) is 101 Å². The molecule has 9 heteroatoms. The number of nitrogens with zero attached hydrogens (tertiary/aromatic N) is 3. The summed E-state index contributed by atoms with van der Waals surface area (Å²) in [6.07, 6.45) is 3.01. The minimum absolute atomic E-state index is 0.0123. The maximum absolute atomic E-state index is 13.3. The summed E-state index contributed by atoms with van der Waals surface area (Å²) in [5.74, 6) is -1.54. The molecule has 190 valence electrons. The van der Waals surface area contributed by atoms with Crippen LogP contribution in [0, 0.1) is 12.7 Å². The predicted molar refractivity (Wildman–Crippen MR) is 147 cm³/mol. The summed E-state index contributed by atoms with van der Waals surface area (Å²) in [6, 6.07) is 22.1. The third kappa shape index (κ3) is 5.44. The number of allylic oxidation sites excluding steroid dienone is 1. The van der Waals surface area contributed by atoms with Gasteiger partial charge in [-0.2, -0.15) is 0 Å². The van der Waals surface area contributed by atoms with Gasteiger partial charge >= 0.3 is 0 Å². The van der Waals surface area contributed by atoms with Gasteiger partial charge in [0.2, 0.25) is 5.13 Å². The Balaban J connectivity index is 1.45. The minimum atomic E-state index is -0.862. The molecule has 0 aliphatic carbocycles. The van der Waals surface area contributed by atoms with Crippen molar-refractivity contribution in [3.05, 3.63) is 124 Å². The fourth-order valence-electron chi connectivity index (χ4n) is 4.03. The molecule has 0 spiro atoms. The van der Waals surface area contributed by atoms with E-state index in [1.807, 2.05) is 61.5 Å². The molecular formula is C29H22FN3O3S2. The number of hydrogen-bond donors (Lipinski definition) is 1. The first-order valence-corrected chi connectivity index (χ1v) is 13.5. The van der Waals surface area contributed by atoms with Crippen LogP contribution in [0.4, 0.5) is 9.52 Å².